The largest absolute Gasteiger partial charge is 0.496 e. The molecular formula is C13H19NO4S. The van der Waals surface area contributed by atoms with E-state index >= 15 is 0 Å². The van der Waals surface area contributed by atoms with Gasteiger partial charge in [-0.25, -0.2) is 0 Å². The molecule has 0 aliphatic carbocycles. The van der Waals surface area contributed by atoms with E-state index < -0.39 is 4.92 Å². The van der Waals surface area contributed by atoms with Gasteiger partial charge in [0.25, 0.3) is 0 Å². The maximum absolute atomic E-state index is 11.0. The fraction of sp³-hybridized carbons (Fsp3) is 0.538. The molecule has 0 saturated carbocycles. The number of benzene rings is 1. The summed E-state index contributed by atoms with van der Waals surface area (Å²) in [4.78, 5) is 10.5. The maximum Gasteiger partial charge on any atom is 0.314 e. The molecule has 0 amide bonds. The summed E-state index contributed by atoms with van der Waals surface area (Å²) in [5, 5.41) is 11.0. The van der Waals surface area contributed by atoms with E-state index in [2.05, 4.69) is 19.6 Å². The summed E-state index contributed by atoms with van der Waals surface area (Å²) >= 11 is 4.26. The van der Waals surface area contributed by atoms with Gasteiger partial charge in [-0.05, 0) is 24.3 Å². The van der Waals surface area contributed by atoms with Gasteiger partial charge < -0.3 is 9.47 Å². The normalized spacial score (nSPS) is 11.9. The molecule has 0 spiro atoms. The number of ether oxygens (including phenoxy) is 2. The third-order valence-electron chi connectivity index (χ3n) is 2.79. The molecule has 0 radical (unpaired) electrons. The second kappa shape index (κ2) is 7.89. The fourth-order valence-electron chi connectivity index (χ4n) is 1.73. The highest BCUT2D eigenvalue weighted by Crippen LogP contribution is 2.31. The van der Waals surface area contributed by atoms with E-state index in [1.54, 1.807) is 12.1 Å². The predicted molar refractivity (Wildman–Crippen MR) is 77.4 cm³/mol. The fourth-order valence-corrected chi connectivity index (χ4v) is 2.02. The zero-order valence-electron chi connectivity index (χ0n) is 11.2. The van der Waals surface area contributed by atoms with Gasteiger partial charge in [0.05, 0.1) is 24.7 Å². The second-order valence-corrected chi connectivity index (χ2v) is 4.60. The molecule has 0 aliphatic heterocycles. The van der Waals surface area contributed by atoms with Crippen molar-refractivity contribution in [3.63, 3.8) is 0 Å². The monoisotopic (exact) mass is 285 g/mol. The molecule has 1 rings (SSSR count). The van der Waals surface area contributed by atoms with E-state index in [-0.39, 0.29) is 11.4 Å². The van der Waals surface area contributed by atoms with Crippen molar-refractivity contribution in [3.8, 4) is 11.5 Å². The van der Waals surface area contributed by atoms with Crippen LogP contribution in [-0.4, -0.2) is 24.4 Å². The third-order valence-corrected chi connectivity index (χ3v) is 3.31. The quantitative estimate of drug-likeness (QED) is 0.452. The number of nitro groups is 1. The lowest BCUT2D eigenvalue weighted by Crippen LogP contribution is -2.14. The SMILES string of the molecule is CCCC(CS)COc1ccc(OC)cc1[N+](=O)[O-]. The van der Waals surface area contributed by atoms with Gasteiger partial charge in [0.15, 0.2) is 5.75 Å². The highest BCUT2D eigenvalue weighted by molar-refractivity contribution is 7.80. The summed E-state index contributed by atoms with van der Waals surface area (Å²) in [6.45, 7) is 2.52. The van der Waals surface area contributed by atoms with Crippen LogP contribution in [0.1, 0.15) is 19.8 Å². The molecule has 1 unspecified atom stereocenters. The van der Waals surface area contributed by atoms with Crippen molar-refractivity contribution in [1.82, 2.24) is 0 Å². The number of methoxy groups -OCH3 is 1. The van der Waals surface area contributed by atoms with Crippen LogP contribution in [0.3, 0.4) is 0 Å². The van der Waals surface area contributed by atoms with Gasteiger partial charge in [-0.3, -0.25) is 10.1 Å². The van der Waals surface area contributed by atoms with Crippen molar-refractivity contribution in [2.24, 2.45) is 5.92 Å². The molecule has 0 heterocycles. The molecule has 106 valence electrons. The van der Waals surface area contributed by atoms with Gasteiger partial charge in [-0.2, -0.15) is 12.6 Å². The van der Waals surface area contributed by atoms with Crippen molar-refractivity contribution >= 4 is 18.3 Å². The molecule has 0 aliphatic rings. The van der Waals surface area contributed by atoms with E-state index in [1.807, 2.05) is 0 Å². The van der Waals surface area contributed by atoms with Gasteiger partial charge >= 0.3 is 5.69 Å². The lowest BCUT2D eigenvalue weighted by Gasteiger charge is -2.14. The Labute approximate surface area is 118 Å². The number of nitro benzene ring substituents is 1. The standard InChI is InChI=1S/C13H19NO4S/c1-3-4-10(9-19)8-18-13-6-5-11(17-2)7-12(13)14(15)16/h5-7,10,19H,3-4,8-9H2,1-2H3. The summed E-state index contributed by atoms with van der Waals surface area (Å²) in [7, 11) is 1.47. The van der Waals surface area contributed by atoms with Crippen LogP contribution < -0.4 is 9.47 Å². The second-order valence-electron chi connectivity index (χ2n) is 4.24. The zero-order chi connectivity index (χ0) is 14.3. The predicted octanol–water partition coefficient (Wildman–Crippen LogP) is 3.33. The van der Waals surface area contributed by atoms with Crippen LogP contribution in [0.5, 0.6) is 11.5 Å². The summed E-state index contributed by atoms with van der Waals surface area (Å²) in [6.07, 6.45) is 2.03. The molecule has 1 aromatic rings. The van der Waals surface area contributed by atoms with E-state index in [0.29, 0.717) is 24.0 Å². The van der Waals surface area contributed by atoms with Crippen molar-refractivity contribution < 1.29 is 14.4 Å². The molecule has 1 aromatic carbocycles. The minimum atomic E-state index is -0.465. The van der Waals surface area contributed by atoms with E-state index in [4.69, 9.17) is 9.47 Å². The smallest absolute Gasteiger partial charge is 0.314 e. The highest BCUT2D eigenvalue weighted by Gasteiger charge is 2.17. The minimum Gasteiger partial charge on any atom is -0.496 e. The number of hydrogen-bond donors (Lipinski definition) is 1. The van der Waals surface area contributed by atoms with E-state index in [1.165, 1.54) is 13.2 Å². The van der Waals surface area contributed by atoms with Crippen LogP contribution in [0.25, 0.3) is 0 Å². The number of hydrogen-bond acceptors (Lipinski definition) is 5. The molecule has 0 fully saturated rings. The molecule has 1 atom stereocenters. The summed E-state index contributed by atoms with van der Waals surface area (Å²) in [5.41, 5.74) is -0.0752. The van der Waals surface area contributed by atoms with Crippen LogP contribution in [0.4, 0.5) is 5.69 Å². The van der Waals surface area contributed by atoms with Crippen molar-refractivity contribution in [2.45, 2.75) is 19.8 Å². The van der Waals surface area contributed by atoms with Crippen LogP contribution in [-0.2, 0) is 0 Å². The first-order chi connectivity index (χ1) is 9.12. The number of nitrogens with zero attached hydrogens (tertiary/aromatic N) is 1. The third kappa shape index (κ3) is 4.63. The summed E-state index contributed by atoms with van der Waals surface area (Å²) < 4.78 is 10.5. The molecule has 0 saturated heterocycles. The first-order valence-electron chi connectivity index (χ1n) is 6.18. The van der Waals surface area contributed by atoms with Gasteiger partial charge in [0.2, 0.25) is 0 Å². The number of thiol groups is 1. The Bertz CT molecular complexity index is 425. The molecular weight excluding hydrogens is 266 g/mol. The summed E-state index contributed by atoms with van der Waals surface area (Å²) in [6, 6.07) is 4.58. The van der Waals surface area contributed by atoms with Gasteiger partial charge in [-0.1, -0.05) is 13.3 Å². The van der Waals surface area contributed by atoms with E-state index in [0.717, 1.165) is 12.8 Å². The Morgan fingerprint density at radius 1 is 1.47 bits per heavy atom. The van der Waals surface area contributed by atoms with E-state index in [9.17, 15) is 10.1 Å². The van der Waals surface area contributed by atoms with Crippen LogP contribution >= 0.6 is 12.6 Å². The van der Waals surface area contributed by atoms with Gasteiger partial charge in [-0.15, -0.1) is 0 Å². The van der Waals surface area contributed by atoms with Crippen LogP contribution in [0, 0.1) is 16.0 Å². The van der Waals surface area contributed by atoms with Crippen molar-refractivity contribution in [1.29, 1.82) is 0 Å². The molecule has 0 bridgehead atoms. The molecule has 5 nitrogen and oxygen atoms in total. The van der Waals surface area contributed by atoms with Gasteiger partial charge in [0.1, 0.15) is 5.75 Å². The molecule has 6 heteroatoms. The Morgan fingerprint density at radius 3 is 2.74 bits per heavy atom. The van der Waals surface area contributed by atoms with Crippen molar-refractivity contribution in [3.05, 3.63) is 28.3 Å². The number of rotatable bonds is 8. The van der Waals surface area contributed by atoms with Crippen LogP contribution in [0.15, 0.2) is 18.2 Å². The Kier molecular flexibility index (Phi) is 6.49. The summed E-state index contributed by atoms with van der Waals surface area (Å²) in [5.74, 6) is 1.72. The average Bonchev–Trinajstić information content (AvgIpc) is 2.43. The zero-order valence-corrected chi connectivity index (χ0v) is 12.1. The van der Waals surface area contributed by atoms with Crippen LogP contribution in [0.2, 0.25) is 0 Å². The Hall–Kier alpha value is -1.43. The molecule has 0 aromatic heterocycles. The van der Waals surface area contributed by atoms with Gasteiger partial charge in [0, 0.05) is 5.92 Å². The first-order valence-corrected chi connectivity index (χ1v) is 6.81. The topological polar surface area (TPSA) is 61.6 Å². The minimum absolute atomic E-state index is 0.0752. The highest BCUT2D eigenvalue weighted by atomic mass is 32.1. The Morgan fingerprint density at radius 2 is 2.21 bits per heavy atom. The molecule has 0 N–H and O–H groups in total. The lowest BCUT2D eigenvalue weighted by molar-refractivity contribution is -0.386. The Balaban J connectivity index is 2.79. The average molecular weight is 285 g/mol. The first kappa shape index (κ1) is 15.6. The maximum atomic E-state index is 11.0. The van der Waals surface area contributed by atoms with Crippen molar-refractivity contribution in [2.75, 3.05) is 19.5 Å². The lowest BCUT2D eigenvalue weighted by atomic mass is 10.1. The molecule has 19 heavy (non-hydrogen) atoms.